The number of fused-ring (bicyclic) bond motifs is 1. The Morgan fingerprint density at radius 3 is 2.83 bits per heavy atom. The van der Waals surface area contributed by atoms with Gasteiger partial charge in [-0.25, -0.2) is 0 Å². The number of rotatable bonds is 3. The van der Waals surface area contributed by atoms with E-state index in [0.717, 1.165) is 28.8 Å². The predicted molar refractivity (Wildman–Crippen MR) is 75.3 cm³/mol. The largest absolute Gasteiger partial charge is 0.398 e. The van der Waals surface area contributed by atoms with Crippen LogP contribution in [0, 0.1) is 0 Å². The Balaban J connectivity index is 1.79. The molecule has 0 aliphatic heterocycles. The van der Waals surface area contributed by atoms with Crippen molar-refractivity contribution in [2.45, 2.75) is 38.3 Å². The molecule has 3 rings (SSSR count). The Labute approximate surface area is 107 Å². The summed E-state index contributed by atoms with van der Waals surface area (Å²) in [6, 6.07) is 10.7. The molecule has 0 bridgehead atoms. The van der Waals surface area contributed by atoms with Crippen molar-refractivity contribution in [3.8, 4) is 0 Å². The van der Waals surface area contributed by atoms with Crippen LogP contribution in [0.15, 0.2) is 30.3 Å². The molecule has 0 saturated heterocycles. The predicted octanol–water partition coefficient (Wildman–Crippen LogP) is 2.85. The standard InChI is InChI=1S/C15H19N3/c16-14-9-12(10-17-11-5-1-2-6-11)18-15-8-4-3-7-13(14)15/h3-4,7-9,11,17H,1-2,5-6,10H2,(H2,16,18). The van der Waals surface area contributed by atoms with E-state index in [2.05, 4.69) is 10.3 Å². The summed E-state index contributed by atoms with van der Waals surface area (Å²) in [5, 5.41) is 4.62. The number of nitrogens with one attached hydrogen (secondary N) is 1. The van der Waals surface area contributed by atoms with Gasteiger partial charge in [0.2, 0.25) is 0 Å². The molecule has 94 valence electrons. The average molecular weight is 241 g/mol. The van der Waals surface area contributed by atoms with Crippen LogP contribution in [-0.4, -0.2) is 11.0 Å². The number of hydrogen-bond acceptors (Lipinski definition) is 3. The van der Waals surface area contributed by atoms with Crippen molar-refractivity contribution < 1.29 is 0 Å². The number of para-hydroxylation sites is 1. The Kier molecular flexibility index (Phi) is 3.15. The molecule has 3 nitrogen and oxygen atoms in total. The van der Waals surface area contributed by atoms with Crippen molar-refractivity contribution in [2.24, 2.45) is 0 Å². The highest BCUT2D eigenvalue weighted by Crippen LogP contribution is 2.21. The third kappa shape index (κ3) is 2.31. The third-order valence-corrected chi connectivity index (χ3v) is 3.73. The fraction of sp³-hybridized carbons (Fsp3) is 0.400. The maximum absolute atomic E-state index is 6.07. The van der Waals surface area contributed by atoms with Gasteiger partial charge >= 0.3 is 0 Å². The number of hydrogen-bond donors (Lipinski definition) is 2. The van der Waals surface area contributed by atoms with Crippen molar-refractivity contribution in [2.75, 3.05) is 5.73 Å². The minimum absolute atomic E-state index is 0.666. The number of nitrogens with two attached hydrogens (primary N) is 1. The summed E-state index contributed by atoms with van der Waals surface area (Å²) in [6.07, 6.45) is 5.29. The first kappa shape index (κ1) is 11.5. The van der Waals surface area contributed by atoms with E-state index >= 15 is 0 Å². The lowest BCUT2D eigenvalue weighted by atomic mass is 10.1. The normalized spacial score (nSPS) is 16.4. The van der Waals surface area contributed by atoms with E-state index in [4.69, 9.17) is 5.73 Å². The third-order valence-electron chi connectivity index (χ3n) is 3.73. The minimum Gasteiger partial charge on any atom is -0.398 e. The maximum atomic E-state index is 6.07. The van der Waals surface area contributed by atoms with Gasteiger partial charge in [0.1, 0.15) is 0 Å². The molecule has 1 aromatic heterocycles. The first-order valence-corrected chi connectivity index (χ1v) is 6.70. The number of nitrogen functional groups attached to an aromatic ring is 1. The molecule has 0 amide bonds. The summed E-state index contributed by atoms with van der Waals surface area (Å²) in [6.45, 7) is 0.819. The van der Waals surface area contributed by atoms with Crippen LogP contribution in [-0.2, 0) is 6.54 Å². The number of nitrogens with zero attached hydrogens (tertiary/aromatic N) is 1. The van der Waals surface area contributed by atoms with E-state index in [1.54, 1.807) is 0 Å². The second-order valence-corrected chi connectivity index (χ2v) is 5.08. The lowest BCUT2D eigenvalue weighted by Crippen LogP contribution is -2.25. The van der Waals surface area contributed by atoms with Gasteiger partial charge in [0.05, 0.1) is 11.2 Å². The molecule has 0 radical (unpaired) electrons. The number of anilines is 1. The van der Waals surface area contributed by atoms with Crippen molar-refractivity contribution >= 4 is 16.6 Å². The van der Waals surface area contributed by atoms with E-state index in [-0.39, 0.29) is 0 Å². The van der Waals surface area contributed by atoms with Crippen LogP contribution in [0.5, 0.6) is 0 Å². The van der Waals surface area contributed by atoms with Crippen LogP contribution in [0.4, 0.5) is 5.69 Å². The Hall–Kier alpha value is -1.61. The zero-order chi connectivity index (χ0) is 12.4. The molecule has 0 spiro atoms. The highest BCUT2D eigenvalue weighted by molar-refractivity contribution is 5.90. The Morgan fingerprint density at radius 1 is 1.22 bits per heavy atom. The topological polar surface area (TPSA) is 50.9 Å². The van der Waals surface area contributed by atoms with E-state index in [1.165, 1.54) is 25.7 Å². The molecule has 1 saturated carbocycles. The van der Waals surface area contributed by atoms with Crippen LogP contribution in [0.3, 0.4) is 0 Å². The second-order valence-electron chi connectivity index (χ2n) is 5.08. The summed E-state index contributed by atoms with van der Waals surface area (Å²) in [5.74, 6) is 0. The molecule has 1 aromatic carbocycles. The molecule has 1 aliphatic carbocycles. The molecular weight excluding hydrogens is 222 g/mol. The molecule has 3 N–H and O–H groups in total. The summed E-state index contributed by atoms with van der Waals surface area (Å²) in [7, 11) is 0. The van der Waals surface area contributed by atoms with Gasteiger partial charge in [0, 0.05) is 23.7 Å². The van der Waals surface area contributed by atoms with E-state index < -0.39 is 0 Å². The minimum atomic E-state index is 0.666. The molecule has 0 unspecified atom stereocenters. The van der Waals surface area contributed by atoms with Crippen LogP contribution in [0.25, 0.3) is 10.9 Å². The SMILES string of the molecule is Nc1cc(CNC2CCCC2)nc2ccccc12. The zero-order valence-electron chi connectivity index (χ0n) is 10.5. The van der Waals surface area contributed by atoms with Crippen molar-refractivity contribution in [3.05, 3.63) is 36.0 Å². The molecule has 18 heavy (non-hydrogen) atoms. The maximum Gasteiger partial charge on any atom is 0.0726 e. The fourth-order valence-electron chi connectivity index (χ4n) is 2.73. The molecular formula is C15H19N3. The lowest BCUT2D eigenvalue weighted by Gasteiger charge is -2.12. The first-order valence-electron chi connectivity index (χ1n) is 6.70. The second kappa shape index (κ2) is 4.94. The zero-order valence-corrected chi connectivity index (χ0v) is 10.5. The smallest absolute Gasteiger partial charge is 0.0726 e. The first-order chi connectivity index (χ1) is 8.83. The van der Waals surface area contributed by atoms with Crippen molar-refractivity contribution in [1.82, 2.24) is 10.3 Å². The molecule has 2 aromatic rings. The monoisotopic (exact) mass is 241 g/mol. The van der Waals surface area contributed by atoms with E-state index in [9.17, 15) is 0 Å². The summed E-state index contributed by atoms with van der Waals surface area (Å²) in [5.41, 5.74) is 8.92. The molecule has 1 heterocycles. The van der Waals surface area contributed by atoms with Crippen LogP contribution >= 0.6 is 0 Å². The van der Waals surface area contributed by atoms with Crippen LogP contribution < -0.4 is 11.1 Å². The van der Waals surface area contributed by atoms with E-state index in [1.807, 2.05) is 30.3 Å². The molecule has 3 heteroatoms. The summed E-state index contributed by atoms with van der Waals surface area (Å²) >= 11 is 0. The summed E-state index contributed by atoms with van der Waals surface area (Å²) < 4.78 is 0. The van der Waals surface area contributed by atoms with Gasteiger partial charge in [0.15, 0.2) is 0 Å². The molecule has 1 aliphatic rings. The van der Waals surface area contributed by atoms with Gasteiger partial charge in [-0.1, -0.05) is 31.0 Å². The van der Waals surface area contributed by atoms with Gasteiger partial charge < -0.3 is 11.1 Å². The number of benzene rings is 1. The van der Waals surface area contributed by atoms with Crippen LogP contribution in [0.1, 0.15) is 31.4 Å². The highest BCUT2D eigenvalue weighted by Gasteiger charge is 2.14. The van der Waals surface area contributed by atoms with Crippen LogP contribution in [0.2, 0.25) is 0 Å². The number of aromatic nitrogens is 1. The van der Waals surface area contributed by atoms with E-state index in [0.29, 0.717) is 6.04 Å². The van der Waals surface area contributed by atoms with Crippen molar-refractivity contribution in [3.63, 3.8) is 0 Å². The lowest BCUT2D eigenvalue weighted by molar-refractivity contribution is 0.520. The Morgan fingerprint density at radius 2 is 2.00 bits per heavy atom. The van der Waals surface area contributed by atoms with Gasteiger partial charge in [-0.2, -0.15) is 0 Å². The van der Waals surface area contributed by atoms with Gasteiger partial charge in [-0.15, -0.1) is 0 Å². The van der Waals surface area contributed by atoms with Gasteiger partial charge in [0.25, 0.3) is 0 Å². The number of pyridine rings is 1. The summed E-state index contributed by atoms with van der Waals surface area (Å²) in [4.78, 5) is 4.65. The molecule has 0 atom stereocenters. The quantitative estimate of drug-likeness (QED) is 0.868. The fourth-order valence-corrected chi connectivity index (χ4v) is 2.73. The Bertz CT molecular complexity index is 544. The molecule has 1 fully saturated rings. The van der Waals surface area contributed by atoms with Gasteiger partial charge in [-0.05, 0) is 25.0 Å². The van der Waals surface area contributed by atoms with Crippen molar-refractivity contribution in [1.29, 1.82) is 0 Å². The van der Waals surface area contributed by atoms with Gasteiger partial charge in [-0.3, -0.25) is 4.98 Å². The highest BCUT2D eigenvalue weighted by atomic mass is 14.9. The average Bonchev–Trinajstić information content (AvgIpc) is 2.90.